The highest BCUT2D eigenvalue weighted by molar-refractivity contribution is 5.94. The number of carboxylic acid groups (broad SMARTS) is 1. The van der Waals surface area contributed by atoms with Crippen LogP contribution < -0.4 is 14.8 Å². The molecule has 2 N–H and O–H groups in total. The summed E-state index contributed by atoms with van der Waals surface area (Å²) < 4.78 is 11.5. The van der Waals surface area contributed by atoms with Gasteiger partial charge in [-0.2, -0.15) is 5.26 Å². The summed E-state index contributed by atoms with van der Waals surface area (Å²) in [7, 11) is 1.57. The number of carbonyl (C=O) groups excluding carboxylic acids is 1. The zero-order valence-corrected chi connectivity index (χ0v) is 19.8. The van der Waals surface area contributed by atoms with Gasteiger partial charge in [0, 0.05) is 23.4 Å². The predicted molar refractivity (Wildman–Crippen MR) is 126 cm³/mol. The maximum Gasteiger partial charge on any atom is 0.306 e. The molecule has 3 rings (SSSR count). The minimum absolute atomic E-state index is 0.264. The third-order valence-electron chi connectivity index (χ3n) is 6.39. The second-order valence-corrected chi connectivity index (χ2v) is 8.62. The van der Waals surface area contributed by atoms with Gasteiger partial charge in [-0.15, -0.1) is 0 Å². The molecule has 1 fully saturated rings. The maximum absolute atomic E-state index is 12.7. The number of aryl methyl sites for hydroxylation is 1. The molecule has 8 heteroatoms. The van der Waals surface area contributed by atoms with Crippen molar-refractivity contribution in [1.82, 2.24) is 10.3 Å². The molecule has 180 valence electrons. The monoisotopic (exact) mass is 465 g/mol. The maximum atomic E-state index is 12.7. The largest absolute Gasteiger partial charge is 0.495 e. The Morgan fingerprint density at radius 1 is 1.24 bits per heavy atom. The van der Waals surface area contributed by atoms with Gasteiger partial charge in [-0.1, -0.05) is 6.92 Å². The average molecular weight is 466 g/mol. The quantitative estimate of drug-likeness (QED) is 0.567. The number of pyridine rings is 1. The van der Waals surface area contributed by atoms with E-state index in [0.29, 0.717) is 36.4 Å². The number of rotatable bonds is 9. The highest BCUT2D eigenvalue weighted by Gasteiger charge is 2.26. The second kappa shape index (κ2) is 11.5. The van der Waals surface area contributed by atoms with Crippen molar-refractivity contribution in [3.63, 3.8) is 0 Å². The van der Waals surface area contributed by atoms with E-state index in [0.717, 1.165) is 30.5 Å². The average Bonchev–Trinajstić information content (AvgIpc) is 2.87. The third kappa shape index (κ3) is 6.04. The van der Waals surface area contributed by atoms with Gasteiger partial charge in [-0.3, -0.25) is 14.6 Å². The fraction of sp³-hybridized carbons (Fsp3) is 0.462. The molecule has 0 bridgehead atoms. The Morgan fingerprint density at radius 3 is 2.59 bits per heavy atom. The van der Waals surface area contributed by atoms with Gasteiger partial charge in [0.2, 0.25) is 0 Å². The normalized spacial score (nSPS) is 18.4. The van der Waals surface area contributed by atoms with E-state index in [1.54, 1.807) is 25.4 Å². The van der Waals surface area contributed by atoms with Crippen LogP contribution >= 0.6 is 0 Å². The Kier molecular flexibility index (Phi) is 8.47. The Morgan fingerprint density at radius 2 is 1.97 bits per heavy atom. The first-order valence-electron chi connectivity index (χ1n) is 11.6. The van der Waals surface area contributed by atoms with Crippen molar-refractivity contribution in [1.29, 1.82) is 5.26 Å². The SMILES string of the molecule is CCc1cc([C@H](C)Oc2ccc(C(=O)NC[C@H]3CC[C@H](C(=O)O)CC3)cc2C#N)c(OC)cn1. The summed E-state index contributed by atoms with van der Waals surface area (Å²) >= 11 is 0. The minimum Gasteiger partial charge on any atom is -0.495 e. The van der Waals surface area contributed by atoms with Crippen LogP contribution in [0.25, 0.3) is 0 Å². The van der Waals surface area contributed by atoms with Gasteiger partial charge in [0.05, 0.1) is 24.8 Å². The molecule has 1 amide bonds. The molecule has 1 atom stereocenters. The Balaban J connectivity index is 1.65. The number of aromatic nitrogens is 1. The smallest absolute Gasteiger partial charge is 0.306 e. The van der Waals surface area contributed by atoms with E-state index in [4.69, 9.17) is 14.6 Å². The topological polar surface area (TPSA) is 122 Å². The molecule has 0 saturated heterocycles. The van der Waals surface area contributed by atoms with Crippen LogP contribution in [0.2, 0.25) is 0 Å². The summed E-state index contributed by atoms with van der Waals surface area (Å²) in [4.78, 5) is 28.1. The number of aliphatic carboxylic acids is 1. The first-order chi connectivity index (χ1) is 16.4. The van der Waals surface area contributed by atoms with Gasteiger partial charge in [0.15, 0.2) is 0 Å². The van der Waals surface area contributed by atoms with Crippen LogP contribution in [0.3, 0.4) is 0 Å². The number of hydrogen-bond acceptors (Lipinski definition) is 6. The number of nitriles is 1. The molecule has 0 radical (unpaired) electrons. The number of nitrogens with one attached hydrogen (secondary N) is 1. The summed E-state index contributed by atoms with van der Waals surface area (Å²) in [5.74, 6) is -0.0224. The first kappa shape index (κ1) is 25.0. The van der Waals surface area contributed by atoms with Crippen molar-refractivity contribution in [3.05, 3.63) is 52.8 Å². The molecule has 1 aromatic heterocycles. The molecular formula is C26H31N3O5. The number of carbonyl (C=O) groups is 2. The molecular weight excluding hydrogens is 434 g/mol. The third-order valence-corrected chi connectivity index (χ3v) is 6.39. The van der Waals surface area contributed by atoms with E-state index >= 15 is 0 Å². The van der Waals surface area contributed by atoms with E-state index in [1.807, 2.05) is 19.9 Å². The standard InChI is InChI=1S/C26H31N3O5/c1-4-21-12-22(24(33-3)15-28-21)16(2)34-23-10-9-19(11-20(23)13-27)25(30)29-14-17-5-7-18(8-6-17)26(31)32/h9-12,15-18H,4-8,14H2,1-3H3,(H,29,30)(H,31,32)/t16-,17-,18-/m0/s1. The van der Waals surface area contributed by atoms with Crippen molar-refractivity contribution in [2.24, 2.45) is 11.8 Å². The van der Waals surface area contributed by atoms with E-state index in [2.05, 4.69) is 16.4 Å². The van der Waals surface area contributed by atoms with Crippen molar-refractivity contribution in [3.8, 4) is 17.6 Å². The number of benzene rings is 1. The second-order valence-electron chi connectivity index (χ2n) is 8.62. The Labute approximate surface area is 199 Å². The van der Waals surface area contributed by atoms with Crippen molar-refractivity contribution >= 4 is 11.9 Å². The fourth-order valence-electron chi connectivity index (χ4n) is 4.25. The highest BCUT2D eigenvalue weighted by atomic mass is 16.5. The Bertz CT molecular complexity index is 1070. The lowest BCUT2D eigenvalue weighted by Gasteiger charge is -2.26. The molecule has 1 saturated carbocycles. The number of nitrogens with zero attached hydrogens (tertiary/aromatic N) is 2. The van der Waals surface area contributed by atoms with Crippen LogP contribution in [-0.4, -0.2) is 35.6 Å². The van der Waals surface area contributed by atoms with Crippen LogP contribution in [0.1, 0.15) is 72.8 Å². The number of amides is 1. The summed E-state index contributed by atoms with van der Waals surface area (Å²) in [5, 5.41) is 21.7. The fourth-order valence-corrected chi connectivity index (χ4v) is 4.25. The van der Waals surface area contributed by atoms with Gasteiger partial charge in [-0.05, 0) is 69.2 Å². The van der Waals surface area contributed by atoms with Gasteiger partial charge >= 0.3 is 5.97 Å². The van der Waals surface area contributed by atoms with Gasteiger partial charge in [0.1, 0.15) is 23.7 Å². The lowest BCUT2D eigenvalue weighted by atomic mass is 9.82. The zero-order chi connectivity index (χ0) is 24.7. The van der Waals surface area contributed by atoms with Gasteiger partial charge in [0.25, 0.3) is 5.91 Å². The van der Waals surface area contributed by atoms with Crippen LogP contribution in [0.5, 0.6) is 11.5 Å². The molecule has 1 aliphatic carbocycles. The molecule has 0 unspecified atom stereocenters. The van der Waals surface area contributed by atoms with Gasteiger partial charge in [-0.25, -0.2) is 0 Å². The van der Waals surface area contributed by atoms with Crippen LogP contribution in [0, 0.1) is 23.2 Å². The summed E-state index contributed by atoms with van der Waals surface area (Å²) in [6.45, 7) is 4.38. The number of carboxylic acids is 1. The summed E-state index contributed by atoms with van der Waals surface area (Å²) in [5.41, 5.74) is 2.39. The van der Waals surface area contributed by atoms with E-state index in [-0.39, 0.29) is 23.3 Å². The minimum atomic E-state index is -0.740. The summed E-state index contributed by atoms with van der Waals surface area (Å²) in [6, 6.07) is 8.85. The van der Waals surface area contributed by atoms with Crippen LogP contribution in [0.15, 0.2) is 30.5 Å². The lowest BCUT2D eigenvalue weighted by Crippen LogP contribution is -2.32. The number of methoxy groups -OCH3 is 1. The summed E-state index contributed by atoms with van der Waals surface area (Å²) in [6.07, 6.45) is 4.89. The molecule has 8 nitrogen and oxygen atoms in total. The van der Waals surface area contributed by atoms with Crippen LogP contribution in [-0.2, 0) is 11.2 Å². The molecule has 0 spiro atoms. The molecule has 1 heterocycles. The van der Waals surface area contributed by atoms with E-state index < -0.39 is 12.1 Å². The molecule has 1 aromatic carbocycles. The van der Waals surface area contributed by atoms with Crippen LogP contribution in [0.4, 0.5) is 0 Å². The number of ether oxygens (including phenoxy) is 2. The zero-order valence-electron chi connectivity index (χ0n) is 19.8. The van der Waals surface area contributed by atoms with Crippen molar-refractivity contribution in [2.75, 3.05) is 13.7 Å². The Hall–Kier alpha value is -3.60. The highest BCUT2D eigenvalue weighted by Crippen LogP contribution is 2.31. The lowest BCUT2D eigenvalue weighted by molar-refractivity contribution is -0.143. The first-order valence-corrected chi connectivity index (χ1v) is 11.6. The van der Waals surface area contributed by atoms with Gasteiger partial charge < -0.3 is 19.9 Å². The molecule has 2 aromatic rings. The molecule has 1 aliphatic rings. The predicted octanol–water partition coefficient (Wildman–Crippen LogP) is 4.29. The van der Waals surface area contributed by atoms with Crippen molar-refractivity contribution < 1.29 is 24.2 Å². The molecule has 0 aliphatic heterocycles. The van der Waals surface area contributed by atoms with E-state index in [1.165, 1.54) is 6.07 Å². The molecule has 34 heavy (non-hydrogen) atoms. The number of hydrogen-bond donors (Lipinski definition) is 2. The van der Waals surface area contributed by atoms with E-state index in [9.17, 15) is 14.9 Å². The van der Waals surface area contributed by atoms with Crippen molar-refractivity contribution in [2.45, 2.75) is 52.1 Å².